The third-order valence-electron chi connectivity index (χ3n) is 5.52. The first kappa shape index (κ1) is 17.6. The van der Waals surface area contributed by atoms with Crippen LogP contribution in [0.1, 0.15) is 51.6 Å². The summed E-state index contributed by atoms with van der Waals surface area (Å²) in [5.41, 5.74) is 7.80. The van der Waals surface area contributed by atoms with Gasteiger partial charge in [0.25, 0.3) is 5.91 Å². The zero-order valence-corrected chi connectivity index (χ0v) is 16.4. The molecule has 0 aliphatic heterocycles. The van der Waals surface area contributed by atoms with Gasteiger partial charge in [-0.25, -0.2) is 4.68 Å². The molecule has 4 aromatic rings. The number of aryl methyl sites for hydroxylation is 2. The van der Waals surface area contributed by atoms with Crippen LogP contribution in [0.25, 0.3) is 16.7 Å². The minimum Gasteiger partial charge on any atom is -0.345 e. The van der Waals surface area contributed by atoms with E-state index in [4.69, 9.17) is 0 Å². The second kappa shape index (κ2) is 6.84. The van der Waals surface area contributed by atoms with Gasteiger partial charge in [0.2, 0.25) is 0 Å². The number of hydrogen-bond donors (Lipinski definition) is 2. The van der Waals surface area contributed by atoms with E-state index in [9.17, 15) is 4.79 Å². The highest BCUT2D eigenvalue weighted by Crippen LogP contribution is 2.31. The molecule has 0 saturated heterocycles. The largest absolute Gasteiger partial charge is 0.345 e. The number of fused-ring (bicyclic) bond motifs is 2. The fourth-order valence-corrected chi connectivity index (χ4v) is 4.23. The first-order chi connectivity index (χ1) is 14.1. The van der Waals surface area contributed by atoms with E-state index in [0.717, 1.165) is 36.0 Å². The second-order valence-corrected chi connectivity index (χ2v) is 7.75. The van der Waals surface area contributed by atoms with Gasteiger partial charge in [0, 0.05) is 16.8 Å². The molecule has 2 aromatic carbocycles. The number of aromatic nitrogens is 5. The first-order valence-corrected chi connectivity index (χ1v) is 9.85. The van der Waals surface area contributed by atoms with Crippen LogP contribution in [0.3, 0.4) is 0 Å². The monoisotopic (exact) mass is 386 g/mol. The van der Waals surface area contributed by atoms with Crippen molar-refractivity contribution < 1.29 is 4.79 Å². The van der Waals surface area contributed by atoms with E-state index < -0.39 is 0 Å². The van der Waals surface area contributed by atoms with Crippen LogP contribution in [0.4, 0.5) is 0 Å². The number of aromatic amines is 1. The van der Waals surface area contributed by atoms with Gasteiger partial charge < -0.3 is 5.32 Å². The Balaban J connectivity index is 1.43. The van der Waals surface area contributed by atoms with Crippen molar-refractivity contribution in [3.63, 3.8) is 0 Å². The number of hydrogen-bond acceptors (Lipinski definition) is 4. The maximum absolute atomic E-state index is 12.9. The van der Waals surface area contributed by atoms with Crippen molar-refractivity contribution >= 4 is 16.9 Å². The lowest BCUT2D eigenvalue weighted by atomic mass is 9.92. The number of carbonyl (C=O) groups excluding carboxylic acids is 1. The average molecular weight is 386 g/mol. The molecule has 0 bridgehead atoms. The van der Waals surface area contributed by atoms with Crippen molar-refractivity contribution in [2.24, 2.45) is 0 Å². The van der Waals surface area contributed by atoms with Gasteiger partial charge >= 0.3 is 0 Å². The summed E-state index contributed by atoms with van der Waals surface area (Å²) in [6.07, 6.45) is 4.78. The SMILES string of the molecule is Cc1cc(C)cc(-n2ncc3c2CCC[C@@H]3NC(=O)c2ccc3n[nH]nc3c2)c1. The Morgan fingerprint density at radius 1 is 1.10 bits per heavy atom. The maximum atomic E-state index is 12.9. The van der Waals surface area contributed by atoms with Gasteiger partial charge in [0.1, 0.15) is 11.0 Å². The van der Waals surface area contributed by atoms with Gasteiger partial charge in [0.15, 0.2) is 0 Å². The Kier molecular flexibility index (Phi) is 4.16. The predicted octanol–water partition coefficient (Wildman–Crippen LogP) is 3.57. The van der Waals surface area contributed by atoms with Gasteiger partial charge in [-0.1, -0.05) is 6.07 Å². The molecule has 1 aliphatic rings. The van der Waals surface area contributed by atoms with Gasteiger partial charge in [-0.3, -0.25) is 4.79 Å². The summed E-state index contributed by atoms with van der Waals surface area (Å²) in [5.74, 6) is -0.105. The summed E-state index contributed by atoms with van der Waals surface area (Å²) in [5, 5.41) is 18.5. The van der Waals surface area contributed by atoms with Gasteiger partial charge in [0.05, 0.1) is 17.9 Å². The topological polar surface area (TPSA) is 88.5 Å². The lowest BCUT2D eigenvalue weighted by Crippen LogP contribution is -2.31. The molecule has 0 spiro atoms. The molecule has 7 heteroatoms. The van der Waals surface area contributed by atoms with E-state index in [0.29, 0.717) is 11.1 Å². The molecule has 0 saturated carbocycles. The van der Waals surface area contributed by atoms with Crippen LogP contribution >= 0.6 is 0 Å². The van der Waals surface area contributed by atoms with Crippen molar-refractivity contribution in [3.05, 3.63) is 70.5 Å². The lowest BCUT2D eigenvalue weighted by molar-refractivity contribution is 0.0933. The van der Waals surface area contributed by atoms with Crippen molar-refractivity contribution in [2.75, 3.05) is 0 Å². The van der Waals surface area contributed by atoms with Crippen molar-refractivity contribution in [3.8, 4) is 5.69 Å². The highest BCUT2D eigenvalue weighted by molar-refractivity contribution is 5.97. The third kappa shape index (κ3) is 3.18. The normalized spacial score (nSPS) is 16.0. The van der Waals surface area contributed by atoms with Crippen LogP contribution in [0.15, 0.2) is 42.6 Å². The molecular formula is C22H22N6O. The van der Waals surface area contributed by atoms with E-state index in [1.165, 1.54) is 16.8 Å². The molecule has 0 unspecified atom stereocenters. The van der Waals surface area contributed by atoms with Crippen LogP contribution in [-0.2, 0) is 6.42 Å². The number of rotatable bonds is 3. The number of H-pyrrole nitrogens is 1. The number of carbonyl (C=O) groups is 1. The van der Waals surface area contributed by atoms with Crippen LogP contribution in [0, 0.1) is 13.8 Å². The highest BCUT2D eigenvalue weighted by atomic mass is 16.1. The van der Waals surface area contributed by atoms with Crippen molar-refractivity contribution in [1.82, 2.24) is 30.5 Å². The fourth-order valence-electron chi connectivity index (χ4n) is 4.23. The van der Waals surface area contributed by atoms with Crippen molar-refractivity contribution in [2.45, 2.75) is 39.2 Å². The molecule has 29 heavy (non-hydrogen) atoms. The van der Waals surface area contributed by atoms with Gasteiger partial charge in [-0.15, -0.1) is 0 Å². The van der Waals surface area contributed by atoms with E-state index in [-0.39, 0.29) is 11.9 Å². The molecule has 146 valence electrons. The Labute approximate surface area is 168 Å². The zero-order chi connectivity index (χ0) is 20.0. The first-order valence-electron chi connectivity index (χ1n) is 9.85. The average Bonchev–Trinajstić information content (AvgIpc) is 3.34. The summed E-state index contributed by atoms with van der Waals surface area (Å²) in [4.78, 5) is 12.9. The Hall–Kier alpha value is -3.48. The fraction of sp³-hybridized carbons (Fsp3) is 0.273. The number of amides is 1. The minimum atomic E-state index is -0.105. The predicted molar refractivity (Wildman–Crippen MR) is 110 cm³/mol. The molecule has 1 aliphatic carbocycles. The van der Waals surface area contributed by atoms with Gasteiger partial charge in [-0.2, -0.15) is 20.5 Å². The quantitative estimate of drug-likeness (QED) is 0.563. The molecule has 0 radical (unpaired) electrons. The third-order valence-corrected chi connectivity index (χ3v) is 5.52. The van der Waals surface area contributed by atoms with Crippen molar-refractivity contribution in [1.29, 1.82) is 0 Å². The standard InChI is InChI=1S/C22H22N6O/c1-13-8-14(2)10-16(9-13)28-21-5-3-4-18(17(21)12-23-28)24-22(29)15-6-7-19-20(11-15)26-27-25-19/h6-12,18H,3-5H2,1-2H3,(H,24,29)(H,25,26,27)/t18-/m0/s1. The molecule has 5 rings (SSSR count). The minimum absolute atomic E-state index is 0.0427. The van der Waals surface area contributed by atoms with Crippen LogP contribution in [0.5, 0.6) is 0 Å². The van der Waals surface area contributed by atoms with E-state index >= 15 is 0 Å². The zero-order valence-electron chi connectivity index (χ0n) is 16.4. The molecule has 1 atom stereocenters. The molecule has 2 N–H and O–H groups in total. The molecular weight excluding hydrogens is 364 g/mol. The molecule has 2 heterocycles. The number of benzene rings is 2. The summed E-state index contributed by atoms with van der Waals surface area (Å²) in [6, 6.07) is 11.8. The summed E-state index contributed by atoms with van der Waals surface area (Å²) in [7, 11) is 0. The Morgan fingerprint density at radius 2 is 1.90 bits per heavy atom. The van der Waals surface area contributed by atoms with E-state index in [2.05, 4.69) is 57.9 Å². The molecule has 1 amide bonds. The van der Waals surface area contributed by atoms with Crippen LogP contribution in [-0.4, -0.2) is 31.1 Å². The number of nitrogens with zero attached hydrogens (tertiary/aromatic N) is 4. The van der Waals surface area contributed by atoms with Gasteiger partial charge in [-0.05, 0) is 74.6 Å². The van der Waals surface area contributed by atoms with E-state index in [1.54, 1.807) is 18.2 Å². The summed E-state index contributed by atoms with van der Waals surface area (Å²) < 4.78 is 2.02. The van der Waals surface area contributed by atoms with Crippen LogP contribution < -0.4 is 5.32 Å². The second-order valence-electron chi connectivity index (χ2n) is 7.75. The lowest BCUT2D eigenvalue weighted by Gasteiger charge is -2.24. The molecule has 0 fully saturated rings. The maximum Gasteiger partial charge on any atom is 0.251 e. The molecule has 7 nitrogen and oxygen atoms in total. The highest BCUT2D eigenvalue weighted by Gasteiger charge is 2.26. The Bertz CT molecular complexity index is 1200. The number of nitrogens with one attached hydrogen (secondary N) is 2. The summed E-state index contributed by atoms with van der Waals surface area (Å²) in [6.45, 7) is 4.20. The van der Waals surface area contributed by atoms with Crippen LogP contribution in [0.2, 0.25) is 0 Å². The van der Waals surface area contributed by atoms with E-state index in [1.807, 2.05) is 10.9 Å². The summed E-state index contributed by atoms with van der Waals surface area (Å²) >= 11 is 0. The Morgan fingerprint density at radius 3 is 2.72 bits per heavy atom. The smallest absolute Gasteiger partial charge is 0.251 e. The molecule has 2 aromatic heterocycles.